The van der Waals surface area contributed by atoms with E-state index in [9.17, 15) is 9.90 Å². The number of fused-ring (bicyclic) bond motifs is 5. The number of rotatable bonds is 3. The van der Waals surface area contributed by atoms with Gasteiger partial charge in [0.2, 0.25) is 0 Å². The fraction of sp³-hybridized carbons (Fsp3) is 0.654. The summed E-state index contributed by atoms with van der Waals surface area (Å²) >= 11 is 0. The van der Waals surface area contributed by atoms with Crippen LogP contribution < -0.4 is 0 Å². The fourth-order valence-electron chi connectivity index (χ4n) is 7.31. The Bertz CT molecular complexity index is 815. The molecule has 0 amide bonds. The maximum Gasteiger partial charge on any atom is 0.141 e. The Morgan fingerprint density at radius 3 is 2.72 bits per heavy atom. The number of hydrogen-bond donors (Lipinski definition) is 1. The van der Waals surface area contributed by atoms with Crippen LogP contribution in [0.4, 0.5) is 0 Å². The molecule has 3 nitrogen and oxygen atoms in total. The van der Waals surface area contributed by atoms with Crippen LogP contribution >= 0.6 is 0 Å². The SMILES string of the molecule is C[C@@]12C(=O)CC[C@H]1[C@@H]1CC=C3C[C@@H](OCc4ccccc4)CC[C@]3(C)[C@H]1C[C@H]2O. The highest BCUT2D eigenvalue weighted by molar-refractivity contribution is 5.87. The first-order valence-corrected chi connectivity index (χ1v) is 11.5. The van der Waals surface area contributed by atoms with E-state index in [0.717, 1.165) is 38.5 Å². The summed E-state index contributed by atoms with van der Waals surface area (Å²) < 4.78 is 6.28. The van der Waals surface area contributed by atoms with Gasteiger partial charge in [0.15, 0.2) is 0 Å². The molecule has 3 saturated carbocycles. The van der Waals surface area contributed by atoms with E-state index >= 15 is 0 Å². The number of aliphatic hydroxyl groups excluding tert-OH is 1. The molecule has 3 heteroatoms. The lowest BCUT2D eigenvalue weighted by Crippen LogP contribution is -2.56. The van der Waals surface area contributed by atoms with Crippen molar-refractivity contribution in [1.82, 2.24) is 0 Å². The second kappa shape index (κ2) is 7.06. The van der Waals surface area contributed by atoms with Crippen LogP contribution in [0.25, 0.3) is 0 Å². The molecule has 29 heavy (non-hydrogen) atoms. The van der Waals surface area contributed by atoms with Crippen molar-refractivity contribution in [3.63, 3.8) is 0 Å². The Kier molecular flexibility index (Phi) is 4.75. The molecular formula is C26H34O3. The molecule has 0 radical (unpaired) electrons. The molecule has 0 unspecified atom stereocenters. The number of hydrogen-bond acceptors (Lipinski definition) is 3. The van der Waals surface area contributed by atoms with Crippen LogP contribution in [0.3, 0.4) is 0 Å². The molecule has 0 aromatic heterocycles. The van der Waals surface area contributed by atoms with Crippen molar-refractivity contribution in [2.45, 2.75) is 77.6 Å². The van der Waals surface area contributed by atoms with Crippen LogP contribution in [-0.2, 0) is 16.1 Å². The maximum absolute atomic E-state index is 12.6. The summed E-state index contributed by atoms with van der Waals surface area (Å²) in [7, 11) is 0. The van der Waals surface area contributed by atoms with Crippen LogP contribution in [-0.4, -0.2) is 23.1 Å². The van der Waals surface area contributed by atoms with Gasteiger partial charge in [-0.25, -0.2) is 0 Å². The summed E-state index contributed by atoms with van der Waals surface area (Å²) in [4.78, 5) is 12.6. The number of carbonyl (C=O) groups is 1. The quantitative estimate of drug-likeness (QED) is 0.728. The fourth-order valence-corrected chi connectivity index (χ4v) is 7.31. The molecule has 1 N–H and O–H groups in total. The second-order valence-corrected chi connectivity index (χ2v) is 10.4. The number of carbonyl (C=O) groups excluding carboxylic acids is 1. The Balaban J connectivity index is 1.33. The van der Waals surface area contributed by atoms with Crippen molar-refractivity contribution >= 4 is 5.78 Å². The summed E-state index contributed by atoms with van der Waals surface area (Å²) in [5, 5.41) is 11.0. The van der Waals surface area contributed by atoms with E-state index in [4.69, 9.17) is 4.74 Å². The van der Waals surface area contributed by atoms with Crippen molar-refractivity contribution in [3.05, 3.63) is 47.5 Å². The van der Waals surface area contributed by atoms with E-state index in [1.165, 1.54) is 5.56 Å². The molecule has 0 heterocycles. The highest BCUT2D eigenvalue weighted by atomic mass is 16.5. The number of ether oxygens (including phenoxy) is 1. The van der Waals surface area contributed by atoms with Crippen molar-refractivity contribution < 1.29 is 14.6 Å². The van der Waals surface area contributed by atoms with E-state index in [0.29, 0.717) is 36.6 Å². The Morgan fingerprint density at radius 1 is 1.14 bits per heavy atom. The summed E-state index contributed by atoms with van der Waals surface area (Å²) in [6, 6.07) is 10.4. The van der Waals surface area contributed by atoms with E-state index in [1.807, 2.05) is 13.0 Å². The van der Waals surface area contributed by atoms with Gasteiger partial charge in [0.25, 0.3) is 0 Å². The first-order valence-electron chi connectivity index (χ1n) is 11.5. The molecular weight excluding hydrogens is 360 g/mol. The Hall–Kier alpha value is -1.45. The average molecular weight is 395 g/mol. The van der Waals surface area contributed by atoms with Crippen molar-refractivity contribution in [3.8, 4) is 0 Å². The Morgan fingerprint density at radius 2 is 1.93 bits per heavy atom. The first-order chi connectivity index (χ1) is 13.9. The van der Waals surface area contributed by atoms with Gasteiger partial charge in [-0.3, -0.25) is 4.79 Å². The van der Waals surface area contributed by atoms with Gasteiger partial charge < -0.3 is 9.84 Å². The smallest absolute Gasteiger partial charge is 0.141 e. The van der Waals surface area contributed by atoms with Gasteiger partial charge in [-0.05, 0) is 74.2 Å². The van der Waals surface area contributed by atoms with Gasteiger partial charge >= 0.3 is 0 Å². The number of Topliss-reactive ketones (excluding diaryl/α,β-unsaturated/α-hetero) is 1. The van der Waals surface area contributed by atoms with Gasteiger partial charge in [-0.1, -0.05) is 48.9 Å². The largest absolute Gasteiger partial charge is 0.392 e. The molecule has 0 aliphatic heterocycles. The van der Waals surface area contributed by atoms with Crippen LogP contribution in [0.15, 0.2) is 42.0 Å². The minimum atomic E-state index is -0.501. The molecule has 1 aromatic carbocycles. The van der Waals surface area contributed by atoms with Crippen molar-refractivity contribution in [1.29, 1.82) is 0 Å². The van der Waals surface area contributed by atoms with Gasteiger partial charge in [0, 0.05) is 6.42 Å². The molecule has 5 rings (SSSR count). The zero-order valence-corrected chi connectivity index (χ0v) is 17.8. The number of ketones is 1. The van der Waals surface area contributed by atoms with E-state index in [1.54, 1.807) is 5.57 Å². The lowest BCUT2D eigenvalue weighted by molar-refractivity contribution is -0.149. The van der Waals surface area contributed by atoms with E-state index in [-0.39, 0.29) is 11.5 Å². The predicted octanol–water partition coefficient (Wildman–Crippen LogP) is 5.07. The van der Waals surface area contributed by atoms with Crippen molar-refractivity contribution in [2.75, 3.05) is 0 Å². The minimum absolute atomic E-state index is 0.156. The first kappa shape index (κ1) is 19.5. The maximum atomic E-state index is 12.6. The van der Waals surface area contributed by atoms with E-state index < -0.39 is 11.5 Å². The summed E-state index contributed by atoms with van der Waals surface area (Å²) in [5.41, 5.74) is 2.44. The number of allylic oxidation sites excluding steroid dienone is 1. The molecule has 156 valence electrons. The zero-order chi connectivity index (χ0) is 20.2. The van der Waals surface area contributed by atoms with Gasteiger partial charge in [0.1, 0.15) is 5.78 Å². The third kappa shape index (κ3) is 2.96. The number of aliphatic hydroxyl groups is 1. The lowest BCUT2D eigenvalue weighted by Gasteiger charge is -2.58. The summed E-state index contributed by atoms with van der Waals surface area (Å²) in [6.07, 6.45) is 9.01. The third-order valence-corrected chi connectivity index (χ3v) is 9.21. The lowest BCUT2D eigenvalue weighted by atomic mass is 9.47. The molecule has 4 aliphatic rings. The van der Waals surface area contributed by atoms with Gasteiger partial charge in [0.05, 0.1) is 24.2 Å². The highest BCUT2D eigenvalue weighted by Crippen LogP contribution is 2.64. The van der Waals surface area contributed by atoms with Crippen LogP contribution in [0.2, 0.25) is 0 Å². The molecule has 0 saturated heterocycles. The standard InChI is InChI=1S/C26H34O3/c1-25-13-12-19(29-16-17-6-4-3-5-7-17)14-18(25)8-9-20-21-10-11-23(27)26(21,2)24(28)15-22(20)25/h3-8,19-22,24,28H,9-16H2,1-2H3/t19-,20-,21-,22-,24+,25-,26-/m0/s1. The minimum Gasteiger partial charge on any atom is -0.392 e. The monoisotopic (exact) mass is 394 g/mol. The van der Waals surface area contributed by atoms with E-state index in [2.05, 4.69) is 37.3 Å². The molecule has 0 spiro atoms. The average Bonchev–Trinajstić information content (AvgIpc) is 3.04. The molecule has 7 atom stereocenters. The van der Waals surface area contributed by atoms with Crippen LogP contribution in [0.5, 0.6) is 0 Å². The highest BCUT2D eigenvalue weighted by Gasteiger charge is 2.62. The molecule has 3 fully saturated rings. The second-order valence-electron chi connectivity index (χ2n) is 10.4. The Labute approximate surface area is 174 Å². The summed E-state index contributed by atoms with van der Waals surface area (Å²) in [5.74, 6) is 1.69. The van der Waals surface area contributed by atoms with Gasteiger partial charge in [-0.2, -0.15) is 0 Å². The van der Waals surface area contributed by atoms with Gasteiger partial charge in [-0.15, -0.1) is 0 Å². The normalized spacial score (nSPS) is 43.9. The van der Waals surface area contributed by atoms with Crippen molar-refractivity contribution in [2.24, 2.45) is 28.6 Å². The predicted molar refractivity (Wildman–Crippen MR) is 113 cm³/mol. The molecule has 4 aliphatic carbocycles. The topological polar surface area (TPSA) is 46.5 Å². The van der Waals surface area contributed by atoms with Crippen LogP contribution in [0.1, 0.15) is 64.4 Å². The molecule has 1 aromatic rings. The molecule has 0 bridgehead atoms. The summed E-state index contributed by atoms with van der Waals surface area (Å²) in [6.45, 7) is 5.15. The van der Waals surface area contributed by atoms with Crippen LogP contribution in [0, 0.1) is 28.6 Å². The third-order valence-electron chi connectivity index (χ3n) is 9.21. The zero-order valence-electron chi connectivity index (χ0n) is 17.8. The number of benzene rings is 1.